The predicted molar refractivity (Wildman–Crippen MR) is 94.1 cm³/mol. The highest BCUT2D eigenvalue weighted by molar-refractivity contribution is 7.99. The van der Waals surface area contributed by atoms with E-state index in [9.17, 15) is 4.79 Å². The molecule has 0 bridgehead atoms. The topological polar surface area (TPSA) is 51.2 Å². The van der Waals surface area contributed by atoms with Crippen molar-refractivity contribution in [1.82, 2.24) is 10.3 Å². The van der Waals surface area contributed by atoms with Crippen molar-refractivity contribution in [3.05, 3.63) is 35.5 Å². The van der Waals surface area contributed by atoms with Gasteiger partial charge in [0.05, 0.1) is 0 Å². The second-order valence-corrected chi connectivity index (χ2v) is 7.25. The van der Waals surface area contributed by atoms with Crippen LogP contribution in [-0.2, 0) is 0 Å². The standard InChI is InChI=1S/C18H24N2O2S/c21-18(20-9-6-14-4-2-1-3-5-14)15-7-10-19-17(12-15)22-16-8-11-23-13-16/h4,7,10,12,16H,1-3,5-6,8-9,11,13H2,(H,20,21). The van der Waals surface area contributed by atoms with E-state index in [2.05, 4.69) is 16.4 Å². The quantitative estimate of drug-likeness (QED) is 0.809. The molecular weight excluding hydrogens is 308 g/mol. The zero-order chi connectivity index (χ0) is 15.9. The van der Waals surface area contributed by atoms with Gasteiger partial charge in [-0.15, -0.1) is 0 Å². The number of thioether (sulfide) groups is 1. The summed E-state index contributed by atoms with van der Waals surface area (Å²) < 4.78 is 5.84. The molecule has 1 fully saturated rings. The summed E-state index contributed by atoms with van der Waals surface area (Å²) in [5, 5.41) is 3.00. The van der Waals surface area contributed by atoms with Crippen LogP contribution < -0.4 is 10.1 Å². The summed E-state index contributed by atoms with van der Waals surface area (Å²) >= 11 is 1.90. The lowest BCUT2D eigenvalue weighted by molar-refractivity contribution is 0.0953. The van der Waals surface area contributed by atoms with Crippen molar-refractivity contribution in [2.45, 2.75) is 44.6 Å². The van der Waals surface area contributed by atoms with Gasteiger partial charge in [0, 0.05) is 30.1 Å². The van der Waals surface area contributed by atoms with Gasteiger partial charge in [0.25, 0.3) is 5.91 Å². The number of carbonyl (C=O) groups excluding carboxylic acids is 1. The number of pyridine rings is 1. The summed E-state index contributed by atoms with van der Waals surface area (Å²) in [7, 11) is 0. The van der Waals surface area contributed by atoms with E-state index in [0.29, 0.717) is 18.0 Å². The van der Waals surface area contributed by atoms with E-state index in [4.69, 9.17) is 4.74 Å². The Kier molecular flexibility index (Phi) is 5.97. The average molecular weight is 332 g/mol. The largest absolute Gasteiger partial charge is 0.473 e. The molecule has 23 heavy (non-hydrogen) atoms. The molecule has 1 aliphatic heterocycles. The third-order valence-electron chi connectivity index (χ3n) is 4.29. The van der Waals surface area contributed by atoms with E-state index in [1.165, 1.54) is 31.3 Å². The zero-order valence-corrected chi connectivity index (χ0v) is 14.2. The number of hydrogen-bond donors (Lipinski definition) is 1. The molecule has 1 aromatic rings. The van der Waals surface area contributed by atoms with Crippen LogP contribution in [0.2, 0.25) is 0 Å². The molecule has 0 spiro atoms. The molecule has 0 radical (unpaired) electrons. The molecule has 3 rings (SSSR count). The van der Waals surface area contributed by atoms with Gasteiger partial charge in [0.1, 0.15) is 6.10 Å². The van der Waals surface area contributed by atoms with E-state index in [0.717, 1.165) is 24.3 Å². The highest BCUT2D eigenvalue weighted by Gasteiger charge is 2.18. The van der Waals surface area contributed by atoms with Gasteiger partial charge in [0.15, 0.2) is 0 Å². The maximum Gasteiger partial charge on any atom is 0.251 e. The SMILES string of the molecule is O=C(NCCC1=CCCCC1)c1ccnc(OC2CCSC2)c1. The number of hydrogen-bond acceptors (Lipinski definition) is 4. The van der Waals surface area contributed by atoms with Crippen LogP contribution in [0, 0.1) is 0 Å². The number of nitrogens with one attached hydrogen (secondary N) is 1. The number of carbonyl (C=O) groups is 1. The molecule has 1 aliphatic carbocycles. The fourth-order valence-corrected chi connectivity index (χ4v) is 4.06. The molecule has 124 valence electrons. The summed E-state index contributed by atoms with van der Waals surface area (Å²) in [6, 6.07) is 3.49. The van der Waals surface area contributed by atoms with E-state index >= 15 is 0 Å². The molecule has 5 heteroatoms. The van der Waals surface area contributed by atoms with Gasteiger partial charge in [-0.05, 0) is 50.3 Å². The first-order valence-corrected chi connectivity index (χ1v) is 9.63. The Morgan fingerprint density at radius 2 is 2.39 bits per heavy atom. The van der Waals surface area contributed by atoms with Gasteiger partial charge in [-0.2, -0.15) is 11.8 Å². The fourth-order valence-electron chi connectivity index (χ4n) is 2.96. The molecular formula is C18H24N2O2S. The molecule has 2 aliphatic rings. The molecule has 4 nitrogen and oxygen atoms in total. The van der Waals surface area contributed by atoms with Crippen molar-refractivity contribution in [3.8, 4) is 5.88 Å². The normalized spacial score (nSPS) is 20.9. The number of ether oxygens (including phenoxy) is 1. The van der Waals surface area contributed by atoms with Crippen molar-refractivity contribution in [2.75, 3.05) is 18.1 Å². The minimum atomic E-state index is -0.0468. The van der Waals surface area contributed by atoms with Gasteiger partial charge < -0.3 is 10.1 Å². The van der Waals surface area contributed by atoms with Gasteiger partial charge >= 0.3 is 0 Å². The summed E-state index contributed by atoms with van der Waals surface area (Å²) in [4.78, 5) is 16.5. The Labute approximate surface area is 142 Å². The molecule has 0 aromatic carbocycles. The molecule has 2 heterocycles. The van der Waals surface area contributed by atoms with Crippen LogP contribution in [0.1, 0.15) is 48.9 Å². The van der Waals surface area contributed by atoms with Crippen molar-refractivity contribution >= 4 is 17.7 Å². The van der Waals surface area contributed by atoms with Crippen molar-refractivity contribution in [2.24, 2.45) is 0 Å². The van der Waals surface area contributed by atoms with Crippen LogP contribution in [0.15, 0.2) is 30.0 Å². The Bertz CT molecular complexity index is 568. The molecule has 1 aromatic heterocycles. The predicted octanol–water partition coefficient (Wildman–Crippen LogP) is 3.59. The lowest BCUT2D eigenvalue weighted by atomic mass is 9.97. The fraction of sp³-hybridized carbons (Fsp3) is 0.556. The van der Waals surface area contributed by atoms with E-state index in [1.54, 1.807) is 18.3 Å². The highest BCUT2D eigenvalue weighted by atomic mass is 32.2. The average Bonchev–Trinajstić information content (AvgIpc) is 3.09. The molecule has 1 amide bonds. The molecule has 1 unspecified atom stereocenters. The van der Waals surface area contributed by atoms with Crippen LogP contribution in [-0.4, -0.2) is 35.0 Å². The molecule has 1 atom stereocenters. The highest BCUT2D eigenvalue weighted by Crippen LogP contribution is 2.22. The van der Waals surface area contributed by atoms with Crippen LogP contribution in [0.5, 0.6) is 5.88 Å². The lowest BCUT2D eigenvalue weighted by Crippen LogP contribution is -2.25. The maximum atomic E-state index is 12.3. The molecule has 0 saturated carbocycles. The second-order valence-electron chi connectivity index (χ2n) is 6.10. The Morgan fingerprint density at radius 3 is 3.17 bits per heavy atom. The minimum Gasteiger partial charge on any atom is -0.473 e. The Balaban J connectivity index is 1.49. The van der Waals surface area contributed by atoms with Gasteiger partial charge in [0.2, 0.25) is 5.88 Å². The van der Waals surface area contributed by atoms with Crippen LogP contribution in [0.3, 0.4) is 0 Å². The zero-order valence-electron chi connectivity index (χ0n) is 13.4. The summed E-state index contributed by atoms with van der Waals surface area (Å²) in [5.41, 5.74) is 2.10. The van der Waals surface area contributed by atoms with E-state index in [1.807, 2.05) is 11.8 Å². The van der Waals surface area contributed by atoms with Crippen molar-refractivity contribution in [3.63, 3.8) is 0 Å². The van der Waals surface area contributed by atoms with Gasteiger partial charge in [-0.25, -0.2) is 4.98 Å². The smallest absolute Gasteiger partial charge is 0.251 e. The number of amides is 1. The number of allylic oxidation sites excluding steroid dienone is 1. The third kappa shape index (κ3) is 4.99. The van der Waals surface area contributed by atoms with Crippen LogP contribution >= 0.6 is 11.8 Å². The minimum absolute atomic E-state index is 0.0468. The monoisotopic (exact) mass is 332 g/mol. The Hall–Kier alpha value is -1.49. The van der Waals surface area contributed by atoms with Crippen LogP contribution in [0.25, 0.3) is 0 Å². The van der Waals surface area contributed by atoms with Gasteiger partial charge in [-0.1, -0.05) is 11.6 Å². The lowest BCUT2D eigenvalue weighted by Gasteiger charge is -2.14. The molecule has 1 saturated heterocycles. The maximum absolute atomic E-state index is 12.3. The first kappa shape index (κ1) is 16.4. The Morgan fingerprint density at radius 1 is 1.43 bits per heavy atom. The second kappa shape index (κ2) is 8.39. The first-order chi connectivity index (χ1) is 11.3. The van der Waals surface area contributed by atoms with Gasteiger partial charge in [-0.3, -0.25) is 4.79 Å². The molecule has 1 N–H and O–H groups in total. The van der Waals surface area contributed by atoms with E-state index in [-0.39, 0.29) is 12.0 Å². The third-order valence-corrected chi connectivity index (χ3v) is 5.42. The van der Waals surface area contributed by atoms with E-state index < -0.39 is 0 Å². The van der Waals surface area contributed by atoms with Crippen molar-refractivity contribution < 1.29 is 9.53 Å². The van der Waals surface area contributed by atoms with Crippen LogP contribution in [0.4, 0.5) is 0 Å². The summed E-state index contributed by atoms with van der Waals surface area (Å²) in [6.45, 7) is 0.697. The number of rotatable bonds is 6. The first-order valence-electron chi connectivity index (χ1n) is 8.48. The summed E-state index contributed by atoms with van der Waals surface area (Å²) in [5.74, 6) is 2.66. The summed E-state index contributed by atoms with van der Waals surface area (Å²) in [6.07, 6.45) is 11.2. The number of aromatic nitrogens is 1. The van der Waals surface area contributed by atoms with Crippen molar-refractivity contribution in [1.29, 1.82) is 0 Å². The number of nitrogens with zero attached hydrogens (tertiary/aromatic N) is 1.